The zero-order chi connectivity index (χ0) is 15.1. The molecule has 5 heteroatoms. The normalized spacial score (nSPS) is 11.5. The predicted octanol–water partition coefficient (Wildman–Crippen LogP) is 1.36. The third-order valence-corrected chi connectivity index (χ3v) is 2.57. The Balaban J connectivity index is 2.09. The van der Waals surface area contributed by atoms with E-state index in [1.165, 1.54) is 18.4 Å². The number of carboxylic acid groups (broad SMARTS) is 1. The van der Waals surface area contributed by atoms with Crippen LogP contribution < -0.4 is 10.4 Å². The van der Waals surface area contributed by atoms with E-state index in [0.29, 0.717) is 11.3 Å². The quantitative estimate of drug-likeness (QED) is 0.663. The van der Waals surface area contributed by atoms with Crippen LogP contribution in [0.25, 0.3) is 6.08 Å². The summed E-state index contributed by atoms with van der Waals surface area (Å²) in [5.74, 6) is -1.42. The second-order valence-electron chi connectivity index (χ2n) is 4.06. The van der Waals surface area contributed by atoms with E-state index in [1.54, 1.807) is 48.5 Å². The molecule has 0 bridgehead atoms. The molecule has 2 rings (SSSR count). The molecular weight excluding hydrogens is 270 g/mol. The number of hydrogen-bond donors (Lipinski definition) is 1. The van der Waals surface area contributed by atoms with Crippen molar-refractivity contribution < 1.29 is 19.1 Å². The number of nitrogens with one attached hydrogen (secondary N) is 1. The maximum Gasteiger partial charge on any atom is 0.255 e. The largest absolute Gasteiger partial charge is 0.543 e. The smallest absolute Gasteiger partial charge is 0.255 e. The van der Waals surface area contributed by atoms with Crippen LogP contribution in [0.2, 0.25) is 0 Å². The molecule has 1 N–H and O–H groups in total. The number of hydrogen-bond acceptors (Lipinski definition) is 4. The van der Waals surface area contributed by atoms with E-state index in [1.807, 2.05) is 0 Å². The van der Waals surface area contributed by atoms with Crippen LogP contribution in [-0.4, -0.2) is 11.9 Å². The van der Waals surface area contributed by atoms with E-state index in [9.17, 15) is 14.7 Å². The van der Waals surface area contributed by atoms with E-state index in [4.69, 9.17) is 4.42 Å². The van der Waals surface area contributed by atoms with Gasteiger partial charge in [-0.15, -0.1) is 0 Å². The fourth-order valence-electron chi connectivity index (χ4n) is 1.57. The summed E-state index contributed by atoms with van der Waals surface area (Å²) in [5.41, 5.74) is 0.0336. The first kappa shape index (κ1) is 14.3. The van der Waals surface area contributed by atoms with Gasteiger partial charge in [0.25, 0.3) is 5.91 Å². The highest BCUT2D eigenvalue weighted by Crippen LogP contribution is 2.04. The number of benzene rings is 1. The second kappa shape index (κ2) is 6.91. The number of carbonyl (C=O) groups excluding carboxylic acids is 2. The number of furan rings is 1. The lowest BCUT2D eigenvalue weighted by molar-refractivity contribution is -0.299. The average Bonchev–Trinajstić information content (AvgIpc) is 3.00. The Kier molecular flexibility index (Phi) is 4.71. The molecule has 0 unspecified atom stereocenters. The van der Waals surface area contributed by atoms with Crippen molar-refractivity contribution in [2.75, 3.05) is 0 Å². The molecule has 0 aliphatic carbocycles. The Labute approximate surface area is 121 Å². The van der Waals surface area contributed by atoms with Crippen molar-refractivity contribution in [3.63, 3.8) is 0 Å². The first-order valence-electron chi connectivity index (χ1n) is 6.16. The van der Waals surface area contributed by atoms with Gasteiger partial charge in [-0.2, -0.15) is 0 Å². The highest BCUT2D eigenvalue weighted by atomic mass is 16.4. The molecule has 1 aromatic heterocycles. The molecule has 1 aromatic carbocycles. The van der Waals surface area contributed by atoms with Crippen molar-refractivity contribution in [2.45, 2.75) is 0 Å². The van der Waals surface area contributed by atoms with Crippen molar-refractivity contribution in [1.82, 2.24) is 5.32 Å². The molecular formula is C16H12NO4-. The molecule has 0 aliphatic rings. The molecule has 0 atom stereocenters. The van der Waals surface area contributed by atoms with Crippen molar-refractivity contribution in [2.24, 2.45) is 0 Å². The van der Waals surface area contributed by atoms with Gasteiger partial charge in [-0.05, 0) is 36.4 Å². The Hall–Kier alpha value is -3.08. The lowest BCUT2D eigenvalue weighted by atomic mass is 10.2. The fourth-order valence-corrected chi connectivity index (χ4v) is 1.57. The number of amides is 1. The maximum absolute atomic E-state index is 11.9. The molecule has 21 heavy (non-hydrogen) atoms. The van der Waals surface area contributed by atoms with Gasteiger partial charge in [0, 0.05) is 5.56 Å². The van der Waals surface area contributed by atoms with E-state index in [0.717, 1.165) is 0 Å². The van der Waals surface area contributed by atoms with Crippen LogP contribution in [0.4, 0.5) is 0 Å². The lowest BCUT2D eigenvalue weighted by Crippen LogP contribution is -2.35. The minimum atomic E-state index is -1.47. The van der Waals surface area contributed by atoms with Gasteiger partial charge < -0.3 is 19.6 Å². The highest BCUT2D eigenvalue weighted by molar-refractivity contribution is 6.00. The van der Waals surface area contributed by atoms with E-state index >= 15 is 0 Å². The number of allylic oxidation sites excluding steroid dienone is 2. The van der Waals surface area contributed by atoms with Gasteiger partial charge in [-0.3, -0.25) is 4.79 Å². The van der Waals surface area contributed by atoms with Crippen LogP contribution in [0, 0.1) is 0 Å². The van der Waals surface area contributed by atoms with Gasteiger partial charge >= 0.3 is 0 Å². The summed E-state index contributed by atoms with van der Waals surface area (Å²) in [6.07, 6.45) is 5.76. The van der Waals surface area contributed by atoms with Crippen molar-refractivity contribution >= 4 is 18.0 Å². The minimum Gasteiger partial charge on any atom is -0.543 e. The number of carboxylic acids is 1. The Morgan fingerprint density at radius 3 is 2.48 bits per heavy atom. The second-order valence-corrected chi connectivity index (χ2v) is 4.06. The van der Waals surface area contributed by atoms with E-state index in [2.05, 4.69) is 5.32 Å². The van der Waals surface area contributed by atoms with Crippen molar-refractivity contribution in [1.29, 1.82) is 0 Å². The molecule has 0 radical (unpaired) electrons. The average molecular weight is 282 g/mol. The molecule has 106 valence electrons. The Morgan fingerprint density at radius 1 is 1.10 bits per heavy atom. The predicted molar refractivity (Wildman–Crippen MR) is 74.7 cm³/mol. The van der Waals surface area contributed by atoms with Gasteiger partial charge in [-0.25, -0.2) is 0 Å². The summed E-state index contributed by atoms with van der Waals surface area (Å²) in [6.45, 7) is 0. The van der Waals surface area contributed by atoms with Gasteiger partial charge in [-0.1, -0.05) is 24.3 Å². The highest BCUT2D eigenvalue weighted by Gasteiger charge is 2.07. The van der Waals surface area contributed by atoms with Gasteiger partial charge in [0.1, 0.15) is 5.76 Å². The van der Waals surface area contributed by atoms with Crippen LogP contribution in [-0.2, 0) is 4.79 Å². The van der Waals surface area contributed by atoms with Crippen LogP contribution in [0.3, 0.4) is 0 Å². The standard InChI is InChI=1S/C16H13NO4/c18-15(12-6-2-1-3-7-12)17-14(16(19)20)10-4-8-13-9-5-11-21-13/h1-11H,(H,17,18)(H,19,20)/p-1/b8-4+,14-10+. The summed E-state index contributed by atoms with van der Waals surface area (Å²) in [7, 11) is 0. The summed E-state index contributed by atoms with van der Waals surface area (Å²) in [4.78, 5) is 22.9. The third kappa shape index (κ3) is 4.21. The van der Waals surface area contributed by atoms with Crippen LogP contribution in [0.5, 0.6) is 0 Å². The van der Waals surface area contributed by atoms with Gasteiger partial charge in [0.2, 0.25) is 0 Å². The van der Waals surface area contributed by atoms with Crippen LogP contribution in [0.1, 0.15) is 16.1 Å². The molecule has 2 aromatic rings. The van der Waals surface area contributed by atoms with E-state index in [-0.39, 0.29) is 5.70 Å². The molecule has 0 saturated heterocycles. The molecule has 0 aliphatic heterocycles. The summed E-state index contributed by atoms with van der Waals surface area (Å²) in [5, 5.41) is 13.3. The first-order valence-corrected chi connectivity index (χ1v) is 6.16. The van der Waals surface area contributed by atoms with E-state index < -0.39 is 11.9 Å². The third-order valence-electron chi connectivity index (χ3n) is 2.57. The van der Waals surface area contributed by atoms with Crippen molar-refractivity contribution in [3.05, 3.63) is 77.9 Å². The summed E-state index contributed by atoms with van der Waals surface area (Å²) < 4.78 is 5.06. The summed E-state index contributed by atoms with van der Waals surface area (Å²) >= 11 is 0. The monoisotopic (exact) mass is 282 g/mol. The Bertz CT molecular complexity index is 670. The zero-order valence-electron chi connectivity index (χ0n) is 11.0. The first-order chi connectivity index (χ1) is 10.2. The van der Waals surface area contributed by atoms with Crippen LogP contribution in [0.15, 0.2) is 71.0 Å². The molecule has 0 fully saturated rings. The molecule has 0 saturated carbocycles. The molecule has 0 spiro atoms. The minimum absolute atomic E-state index is 0.327. The summed E-state index contributed by atoms with van der Waals surface area (Å²) in [6, 6.07) is 11.7. The van der Waals surface area contributed by atoms with Gasteiger partial charge in [0.05, 0.1) is 17.9 Å². The fraction of sp³-hybridized carbons (Fsp3) is 0. The SMILES string of the molecule is O=C([O-])/C(=C\C=C\c1ccco1)NC(=O)c1ccccc1. The Morgan fingerprint density at radius 2 is 1.86 bits per heavy atom. The zero-order valence-corrected chi connectivity index (χ0v) is 11.0. The molecule has 1 heterocycles. The molecule has 5 nitrogen and oxygen atoms in total. The number of rotatable bonds is 5. The van der Waals surface area contributed by atoms with Crippen LogP contribution >= 0.6 is 0 Å². The van der Waals surface area contributed by atoms with Crippen molar-refractivity contribution in [3.8, 4) is 0 Å². The topological polar surface area (TPSA) is 82.4 Å². The maximum atomic E-state index is 11.9. The number of aliphatic carboxylic acids is 1. The van der Waals surface area contributed by atoms with Gasteiger partial charge in [0.15, 0.2) is 0 Å². The molecule has 1 amide bonds. The lowest BCUT2D eigenvalue weighted by Gasteiger charge is -2.09. The number of carbonyl (C=O) groups is 2.